The number of hydrogen-bond donors (Lipinski definition) is 3. The summed E-state index contributed by atoms with van der Waals surface area (Å²) in [5, 5.41) is 6.72. The molecule has 0 unspecified atom stereocenters. The van der Waals surface area contributed by atoms with Crippen LogP contribution in [0.1, 0.15) is 62.1 Å². The smallest absolute Gasteiger partial charge is 0.254 e. The van der Waals surface area contributed by atoms with Gasteiger partial charge in [0.15, 0.2) is 17.5 Å². The molecule has 1 aromatic carbocycles. The van der Waals surface area contributed by atoms with Crippen molar-refractivity contribution in [3.63, 3.8) is 0 Å². The summed E-state index contributed by atoms with van der Waals surface area (Å²) in [4.78, 5) is 24.3. The molecule has 182 valence electrons. The zero-order valence-corrected chi connectivity index (χ0v) is 19.8. The Labute approximate surface area is 196 Å². The molecule has 8 nitrogen and oxygen atoms in total. The molecule has 0 saturated carbocycles. The maximum absolute atomic E-state index is 15.0. The summed E-state index contributed by atoms with van der Waals surface area (Å²) in [5.41, 5.74) is 11.5. The Balaban J connectivity index is 1.84. The summed E-state index contributed by atoms with van der Waals surface area (Å²) in [5.74, 6) is -3.78. The summed E-state index contributed by atoms with van der Waals surface area (Å²) in [7, 11) is 0. The number of nitrogens with one attached hydrogen (secondary N) is 1. The van der Waals surface area contributed by atoms with Crippen molar-refractivity contribution >= 4 is 23.5 Å². The highest BCUT2D eigenvalue weighted by molar-refractivity contribution is 6.03. The van der Waals surface area contributed by atoms with Gasteiger partial charge in [-0.3, -0.25) is 14.9 Å². The number of hydrogen-bond acceptors (Lipinski definition) is 5. The maximum Gasteiger partial charge on any atom is 0.254 e. The molecule has 0 spiro atoms. The van der Waals surface area contributed by atoms with E-state index in [4.69, 9.17) is 15.9 Å². The number of carbonyl (C=O) groups excluding carboxylic acids is 2. The van der Waals surface area contributed by atoms with Crippen LogP contribution < -0.4 is 16.8 Å². The number of amides is 2. The number of anilines is 2. The van der Waals surface area contributed by atoms with E-state index in [1.807, 2.05) is 0 Å². The van der Waals surface area contributed by atoms with Gasteiger partial charge in [0.1, 0.15) is 17.1 Å². The molecular formula is C24H29F2N5O3. The van der Waals surface area contributed by atoms with Crippen LogP contribution >= 0.6 is 0 Å². The van der Waals surface area contributed by atoms with Crippen LogP contribution in [0.15, 0.2) is 28.9 Å². The van der Waals surface area contributed by atoms with Gasteiger partial charge in [0.2, 0.25) is 5.91 Å². The minimum Gasteiger partial charge on any atom is -0.448 e. The van der Waals surface area contributed by atoms with Crippen molar-refractivity contribution in [2.45, 2.75) is 53.5 Å². The van der Waals surface area contributed by atoms with Crippen LogP contribution in [-0.4, -0.2) is 21.6 Å². The summed E-state index contributed by atoms with van der Waals surface area (Å²) >= 11 is 0. The second-order valence-corrected chi connectivity index (χ2v) is 9.69. The Morgan fingerprint density at radius 2 is 1.88 bits per heavy atom. The summed E-state index contributed by atoms with van der Waals surface area (Å²) in [6, 6.07) is 3.96. The van der Waals surface area contributed by atoms with E-state index >= 15 is 4.39 Å². The van der Waals surface area contributed by atoms with Gasteiger partial charge < -0.3 is 15.9 Å². The summed E-state index contributed by atoms with van der Waals surface area (Å²) in [6.45, 7) is 9.76. The fourth-order valence-corrected chi connectivity index (χ4v) is 3.68. The van der Waals surface area contributed by atoms with E-state index in [9.17, 15) is 14.0 Å². The second-order valence-electron chi connectivity index (χ2n) is 9.69. The Hall–Kier alpha value is -3.69. The number of nitrogens with zero attached hydrogens (tertiary/aromatic N) is 2. The van der Waals surface area contributed by atoms with E-state index in [2.05, 4.69) is 31.2 Å². The molecule has 0 aliphatic carbocycles. The van der Waals surface area contributed by atoms with Crippen molar-refractivity contribution in [2.24, 2.45) is 11.1 Å². The number of halogens is 2. The minimum atomic E-state index is -1.26. The van der Waals surface area contributed by atoms with Crippen LogP contribution in [0, 0.1) is 17.0 Å². The maximum atomic E-state index is 15.0. The number of furan rings is 1. The van der Waals surface area contributed by atoms with Crippen LogP contribution in [0.5, 0.6) is 0 Å². The molecular weight excluding hydrogens is 444 g/mol. The summed E-state index contributed by atoms with van der Waals surface area (Å²) < 4.78 is 36.5. The van der Waals surface area contributed by atoms with Crippen molar-refractivity contribution in [1.82, 2.24) is 9.78 Å². The lowest BCUT2D eigenvalue weighted by molar-refractivity contribution is -0.115. The largest absolute Gasteiger partial charge is 0.448 e. The topological polar surface area (TPSA) is 129 Å². The van der Waals surface area contributed by atoms with Gasteiger partial charge >= 0.3 is 0 Å². The molecule has 0 atom stereocenters. The van der Waals surface area contributed by atoms with Crippen LogP contribution in [0.3, 0.4) is 0 Å². The van der Waals surface area contributed by atoms with Crippen LogP contribution in [0.25, 0.3) is 11.3 Å². The number of rotatable bonds is 7. The standard InChI is InChI=1S/C24H29F2N5O3/c1-12(2)31-22(27)18(23(28)33)21(30-31)15-7-6-14(19(25)20(15)26)9-16(32)29-17-8-13(11-34-17)10-24(3,4)5/h6-8,11-12H,9-10,27H2,1-5H3,(H2,28,33)(H,29,32). The molecule has 2 heterocycles. The Morgan fingerprint density at radius 3 is 2.47 bits per heavy atom. The molecule has 3 aromatic rings. The van der Waals surface area contributed by atoms with Crippen molar-refractivity contribution in [3.8, 4) is 11.3 Å². The number of primary amides is 1. The Morgan fingerprint density at radius 1 is 1.21 bits per heavy atom. The van der Waals surface area contributed by atoms with Gasteiger partial charge in [-0.25, -0.2) is 13.5 Å². The third-order valence-corrected chi connectivity index (χ3v) is 5.10. The number of aromatic nitrogens is 2. The van der Waals surface area contributed by atoms with Gasteiger partial charge in [-0.15, -0.1) is 0 Å². The highest BCUT2D eigenvalue weighted by Crippen LogP contribution is 2.32. The first-order valence-corrected chi connectivity index (χ1v) is 10.8. The molecule has 0 fully saturated rings. The summed E-state index contributed by atoms with van der Waals surface area (Å²) in [6.07, 6.45) is 1.87. The molecule has 2 amide bonds. The normalized spacial score (nSPS) is 11.8. The predicted molar refractivity (Wildman–Crippen MR) is 125 cm³/mol. The van der Waals surface area contributed by atoms with E-state index in [1.165, 1.54) is 16.8 Å². The highest BCUT2D eigenvalue weighted by Gasteiger charge is 2.27. The minimum absolute atomic E-state index is 0.0370. The fraction of sp³-hybridized carbons (Fsp3) is 0.375. The van der Waals surface area contributed by atoms with Crippen molar-refractivity contribution in [1.29, 1.82) is 0 Å². The molecule has 10 heteroatoms. The van der Waals surface area contributed by atoms with Gasteiger partial charge in [-0.05, 0) is 37.3 Å². The lowest BCUT2D eigenvalue weighted by atomic mass is 9.89. The number of carbonyl (C=O) groups is 2. The van der Waals surface area contributed by atoms with Gasteiger partial charge in [-0.1, -0.05) is 26.8 Å². The molecule has 0 bridgehead atoms. The average molecular weight is 474 g/mol. The van der Waals surface area contributed by atoms with Crippen molar-refractivity contribution < 1.29 is 22.8 Å². The molecule has 0 saturated heterocycles. The fourth-order valence-electron chi connectivity index (χ4n) is 3.68. The SMILES string of the molecule is CC(C)n1nc(-c2ccc(CC(=O)Nc3cc(CC(C)(C)C)co3)c(F)c2F)c(C(N)=O)c1N. The highest BCUT2D eigenvalue weighted by atomic mass is 19.2. The third kappa shape index (κ3) is 5.27. The zero-order chi connectivity index (χ0) is 25.4. The molecule has 5 N–H and O–H groups in total. The second kappa shape index (κ2) is 9.28. The van der Waals surface area contributed by atoms with Gasteiger partial charge in [0, 0.05) is 23.2 Å². The lowest BCUT2D eigenvalue weighted by Gasteiger charge is -2.15. The molecule has 3 rings (SSSR count). The molecule has 2 aromatic heterocycles. The molecule has 0 aliphatic rings. The van der Waals surface area contributed by atoms with Crippen LogP contribution in [0.2, 0.25) is 0 Å². The van der Waals surface area contributed by atoms with Crippen molar-refractivity contribution in [3.05, 3.63) is 52.8 Å². The van der Waals surface area contributed by atoms with Crippen LogP contribution in [-0.2, 0) is 17.6 Å². The quantitative estimate of drug-likeness (QED) is 0.467. The predicted octanol–water partition coefficient (Wildman–Crippen LogP) is 4.45. The van der Waals surface area contributed by atoms with E-state index in [0.29, 0.717) is 0 Å². The van der Waals surface area contributed by atoms with E-state index in [1.54, 1.807) is 26.2 Å². The molecule has 0 radical (unpaired) electrons. The first-order valence-electron chi connectivity index (χ1n) is 10.8. The molecule has 0 aliphatic heterocycles. The zero-order valence-electron chi connectivity index (χ0n) is 19.8. The first kappa shape index (κ1) is 24.9. The van der Waals surface area contributed by atoms with E-state index < -0.39 is 29.9 Å². The van der Waals surface area contributed by atoms with Crippen molar-refractivity contribution in [2.75, 3.05) is 11.1 Å². The van der Waals surface area contributed by atoms with Crippen LogP contribution in [0.4, 0.5) is 20.5 Å². The lowest BCUT2D eigenvalue weighted by Crippen LogP contribution is -2.16. The third-order valence-electron chi connectivity index (χ3n) is 5.10. The number of benzene rings is 1. The number of nitrogens with two attached hydrogens (primary N) is 2. The van der Waals surface area contributed by atoms with Gasteiger partial charge in [0.05, 0.1) is 12.7 Å². The van der Waals surface area contributed by atoms with E-state index in [-0.39, 0.29) is 45.5 Å². The Bertz CT molecular complexity index is 1240. The van der Waals surface area contributed by atoms with Gasteiger partial charge in [0.25, 0.3) is 5.91 Å². The monoisotopic (exact) mass is 473 g/mol. The first-order chi connectivity index (χ1) is 15.8. The Kier molecular flexibility index (Phi) is 6.81. The molecule has 34 heavy (non-hydrogen) atoms. The number of nitrogen functional groups attached to an aromatic ring is 1. The average Bonchev–Trinajstić information content (AvgIpc) is 3.27. The van der Waals surface area contributed by atoms with E-state index in [0.717, 1.165) is 12.0 Å². The van der Waals surface area contributed by atoms with Gasteiger partial charge in [-0.2, -0.15) is 5.10 Å².